The van der Waals surface area contributed by atoms with Crippen LogP contribution < -0.4 is 14.8 Å². The largest absolute Gasteiger partial charge is 0.497 e. The first-order valence-corrected chi connectivity index (χ1v) is 7.16. The van der Waals surface area contributed by atoms with Gasteiger partial charge in [-0.1, -0.05) is 12.1 Å². The van der Waals surface area contributed by atoms with E-state index in [-0.39, 0.29) is 5.91 Å². The van der Waals surface area contributed by atoms with Gasteiger partial charge in [0.05, 0.1) is 25.9 Å². The van der Waals surface area contributed by atoms with Crippen LogP contribution in [0.2, 0.25) is 0 Å². The number of methoxy groups -OCH3 is 2. The van der Waals surface area contributed by atoms with Gasteiger partial charge in [0.2, 0.25) is 5.91 Å². The predicted molar refractivity (Wildman–Crippen MR) is 87.7 cm³/mol. The zero-order valence-corrected chi connectivity index (χ0v) is 13.1. The highest BCUT2D eigenvalue weighted by Gasteiger charge is 2.07. The first-order valence-electron chi connectivity index (χ1n) is 7.16. The van der Waals surface area contributed by atoms with E-state index in [0.717, 1.165) is 5.56 Å². The van der Waals surface area contributed by atoms with Gasteiger partial charge in [-0.05, 0) is 24.1 Å². The Morgan fingerprint density at radius 2 is 1.70 bits per heavy atom. The summed E-state index contributed by atoms with van der Waals surface area (Å²) in [5.74, 6) is 1.14. The quantitative estimate of drug-likeness (QED) is 0.889. The molecule has 118 valence electrons. The summed E-state index contributed by atoms with van der Waals surface area (Å²) >= 11 is 0. The highest BCUT2D eigenvalue weighted by molar-refractivity contribution is 5.91. The molecule has 0 saturated carbocycles. The second-order valence-corrected chi connectivity index (χ2v) is 4.96. The van der Waals surface area contributed by atoms with Crippen LogP contribution in [0.25, 0.3) is 0 Å². The highest BCUT2D eigenvalue weighted by atomic mass is 16.5. The van der Waals surface area contributed by atoms with Gasteiger partial charge in [0.15, 0.2) is 0 Å². The number of hydrogen-bond donors (Lipinski definition) is 1. The molecular formula is C18H18N2O3. The average molecular weight is 310 g/mol. The van der Waals surface area contributed by atoms with E-state index in [4.69, 9.17) is 14.7 Å². The SMILES string of the molecule is COc1cc(NC(=O)CCc2ccc(C#N)cc2)cc(OC)c1. The van der Waals surface area contributed by atoms with Gasteiger partial charge in [0.1, 0.15) is 11.5 Å². The molecule has 0 aliphatic rings. The third-order valence-corrected chi connectivity index (χ3v) is 3.36. The molecule has 0 aromatic heterocycles. The molecule has 23 heavy (non-hydrogen) atoms. The standard InChI is InChI=1S/C18H18N2O3/c1-22-16-9-15(10-17(11-16)23-2)20-18(21)8-7-13-3-5-14(12-19)6-4-13/h3-6,9-11H,7-8H2,1-2H3,(H,20,21). The number of amides is 1. The summed E-state index contributed by atoms with van der Waals surface area (Å²) in [5, 5.41) is 11.6. The first-order chi connectivity index (χ1) is 11.1. The molecule has 0 radical (unpaired) electrons. The molecule has 1 amide bonds. The van der Waals surface area contributed by atoms with Gasteiger partial charge in [0.25, 0.3) is 0 Å². The molecule has 0 saturated heterocycles. The van der Waals surface area contributed by atoms with Gasteiger partial charge in [-0.2, -0.15) is 5.26 Å². The smallest absolute Gasteiger partial charge is 0.224 e. The second kappa shape index (κ2) is 7.85. The fourth-order valence-electron chi connectivity index (χ4n) is 2.11. The van der Waals surface area contributed by atoms with Crippen molar-refractivity contribution in [3.05, 3.63) is 53.6 Å². The molecule has 0 aliphatic carbocycles. The Balaban J connectivity index is 1.95. The Kier molecular flexibility index (Phi) is 5.59. The van der Waals surface area contributed by atoms with E-state index in [2.05, 4.69) is 11.4 Å². The summed E-state index contributed by atoms with van der Waals surface area (Å²) in [6.07, 6.45) is 0.962. The molecule has 2 aromatic rings. The molecule has 5 heteroatoms. The van der Waals surface area contributed by atoms with Gasteiger partial charge < -0.3 is 14.8 Å². The molecule has 1 N–H and O–H groups in total. The van der Waals surface area contributed by atoms with Crippen LogP contribution in [-0.4, -0.2) is 20.1 Å². The lowest BCUT2D eigenvalue weighted by molar-refractivity contribution is -0.116. The minimum atomic E-state index is -0.0929. The number of aryl methyl sites for hydroxylation is 1. The summed E-state index contributed by atoms with van der Waals surface area (Å²) in [4.78, 5) is 12.1. The van der Waals surface area contributed by atoms with Crippen molar-refractivity contribution in [3.63, 3.8) is 0 Å². The minimum Gasteiger partial charge on any atom is -0.497 e. The summed E-state index contributed by atoms with van der Waals surface area (Å²) in [7, 11) is 3.12. The number of nitrogens with one attached hydrogen (secondary N) is 1. The van der Waals surface area contributed by atoms with Crippen LogP contribution in [0.1, 0.15) is 17.5 Å². The Bertz CT molecular complexity index is 696. The number of rotatable bonds is 6. The summed E-state index contributed by atoms with van der Waals surface area (Å²) in [6, 6.07) is 14.5. The third-order valence-electron chi connectivity index (χ3n) is 3.36. The normalized spacial score (nSPS) is 9.78. The van der Waals surface area contributed by atoms with Crippen molar-refractivity contribution in [2.24, 2.45) is 0 Å². The van der Waals surface area contributed by atoms with Gasteiger partial charge in [0, 0.05) is 30.3 Å². The molecule has 0 atom stereocenters. The van der Waals surface area contributed by atoms with E-state index in [1.807, 2.05) is 12.1 Å². The van der Waals surface area contributed by atoms with Crippen LogP contribution in [0.15, 0.2) is 42.5 Å². The lowest BCUT2D eigenvalue weighted by Crippen LogP contribution is -2.12. The van der Waals surface area contributed by atoms with E-state index in [0.29, 0.717) is 35.6 Å². The monoisotopic (exact) mass is 310 g/mol. The Morgan fingerprint density at radius 3 is 2.22 bits per heavy atom. The maximum Gasteiger partial charge on any atom is 0.224 e. The summed E-state index contributed by atoms with van der Waals surface area (Å²) < 4.78 is 10.3. The van der Waals surface area contributed by atoms with Gasteiger partial charge in [-0.15, -0.1) is 0 Å². The fraction of sp³-hybridized carbons (Fsp3) is 0.222. The van der Waals surface area contributed by atoms with Crippen molar-refractivity contribution in [2.75, 3.05) is 19.5 Å². The molecule has 0 bridgehead atoms. The van der Waals surface area contributed by atoms with Crippen molar-refractivity contribution in [3.8, 4) is 17.6 Å². The maximum absolute atomic E-state index is 12.1. The van der Waals surface area contributed by atoms with E-state index < -0.39 is 0 Å². The lowest BCUT2D eigenvalue weighted by Gasteiger charge is -2.10. The molecule has 2 aromatic carbocycles. The first kappa shape index (κ1) is 16.4. The summed E-state index contributed by atoms with van der Waals surface area (Å²) in [5.41, 5.74) is 2.26. The number of anilines is 1. The highest BCUT2D eigenvalue weighted by Crippen LogP contribution is 2.25. The van der Waals surface area contributed by atoms with Gasteiger partial charge >= 0.3 is 0 Å². The zero-order chi connectivity index (χ0) is 16.7. The molecule has 0 spiro atoms. The number of ether oxygens (including phenoxy) is 2. The van der Waals surface area contributed by atoms with E-state index >= 15 is 0 Å². The van der Waals surface area contributed by atoms with Crippen LogP contribution in [0.5, 0.6) is 11.5 Å². The number of carbonyl (C=O) groups excluding carboxylic acids is 1. The van der Waals surface area contributed by atoms with Crippen LogP contribution in [0.3, 0.4) is 0 Å². The van der Waals surface area contributed by atoms with Gasteiger partial charge in [-0.3, -0.25) is 4.79 Å². The number of benzene rings is 2. The molecule has 5 nitrogen and oxygen atoms in total. The van der Waals surface area contributed by atoms with Crippen LogP contribution in [-0.2, 0) is 11.2 Å². The topological polar surface area (TPSA) is 71.3 Å². The lowest BCUT2D eigenvalue weighted by atomic mass is 10.1. The second-order valence-electron chi connectivity index (χ2n) is 4.96. The molecule has 0 heterocycles. The van der Waals surface area contributed by atoms with E-state index in [9.17, 15) is 4.79 Å². The van der Waals surface area contributed by atoms with Crippen molar-refractivity contribution in [2.45, 2.75) is 12.8 Å². The molecule has 0 fully saturated rings. The molecular weight excluding hydrogens is 292 g/mol. The summed E-state index contributed by atoms with van der Waals surface area (Å²) in [6.45, 7) is 0. The Morgan fingerprint density at radius 1 is 1.09 bits per heavy atom. The number of hydrogen-bond acceptors (Lipinski definition) is 4. The van der Waals surface area contributed by atoms with Crippen molar-refractivity contribution in [1.82, 2.24) is 0 Å². The van der Waals surface area contributed by atoms with Gasteiger partial charge in [-0.25, -0.2) is 0 Å². The molecule has 0 aliphatic heterocycles. The van der Waals surface area contributed by atoms with Crippen LogP contribution >= 0.6 is 0 Å². The third kappa shape index (κ3) is 4.75. The number of nitriles is 1. The number of nitrogens with zero attached hydrogens (tertiary/aromatic N) is 1. The van der Waals surface area contributed by atoms with E-state index in [1.165, 1.54) is 0 Å². The van der Waals surface area contributed by atoms with Crippen LogP contribution in [0, 0.1) is 11.3 Å². The number of carbonyl (C=O) groups is 1. The van der Waals surface area contributed by atoms with E-state index in [1.54, 1.807) is 44.6 Å². The average Bonchev–Trinajstić information content (AvgIpc) is 2.60. The Labute approximate surface area is 135 Å². The predicted octanol–water partition coefficient (Wildman–Crippen LogP) is 3.15. The Hall–Kier alpha value is -3.00. The molecule has 2 rings (SSSR count). The zero-order valence-electron chi connectivity index (χ0n) is 13.1. The maximum atomic E-state index is 12.1. The minimum absolute atomic E-state index is 0.0929. The molecule has 0 unspecified atom stereocenters. The van der Waals surface area contributed by atoms with Crippen molar-refractivity contribution < 1.29 is 14.3 Å². The van der Waals surface area contributed by atoms with Crippen LogP contribution in [0.4, 0.5) is 5.69 Å². The van der Waals surface area contributed by atoms with Crippen molar-refractivity contribution in [1.29, 1.82) is 5.26 Å². The van der Waals surface area contributed by atoms with Crippen molar-refractivity contribution >= 4 is 11.6 Å². The fourth-order valence-corrected chi connectivity index (χ4v) is 2.11.